The molecule has 2 N–H and O–H groups in total. The van der Waals surface area contributed by atoms with E-state index in [4.69, 9.17) is 9.47 Å². The van der Waals surface area contributed by atoms with Crippen LogP contribution in [0.1, 0.15) is 26.0 Å². The zero-order chi connectivity index (χ0) is 21.4. The Morgan fingerprint density at radius 3 is 2.37 bits per heavy atom. The van der Waals surface area contributed by atoms with E-state index in [1.54, 1.807) is 13.8 Å². The van der Waals surface area contributed by atoms with Gasteiger partial charge < -0.3 is 19.6 Å². The molecule has 0 bridgehead atoms. The first kappa shape index (κ1) is 21.7. The number of aromatic amines is 1. The summed E-state index contributed by atoms with van der Waals surface area (Å²) in [5.74, 6) is 0.233. The lowest BCUT2D eigenvalue weighted by atomic mass is 9.79. The Labute approximate surface area is 177 Å². The number of hydrogen-bond acceptors (Lipinski definition) is 4. The van der Waals surface area contributed by atoms with E-state index in [0.29, 0.717) is 18.6 Å². The summed E-state index contributed by atoms with van der Waals surface area (Å²) in [5, 5.41) is 10.9. The molecule has 0 aliphatic carbocycles. The molecule has 2 unspecified atom stereocenters. The molecule has 1 aromatic heterocycles. The number of hydrogen-bond donors (Lipinski definition) is 2. The van der Waals surface area contributed by atoms with Gasteiger partial charge in [-0.25, -0.2) is 0 Å². The van der Waals surface area contributed by atoms with Crippen molar-refractivity contribution in [1.29, 1.82) is 0 Å². The molecule has 30 heavy (non-hydrogen) atoms. The predicted octanol–water partition coefficient (Wildman–Crippen LogP) is 4.62. The Bertz CT molecular complexity index is 906. The quantitative estimate of drug-likeness (QED) is 0.481. The van der Waals surface area contributed by atoms with Gasteiger partial charge in [0.2, 0.25) is 0 Å². The number of aryl methyl sites for hydroxylation is 1. The van der Waals surface area contributed by atoms with E-state index < -0.39 is 17.5 Å². The smallest absolute Gasteiger partial charge is 0.314 e. The molecule has 0 amide bonds. The Balaban J connectivity index is 1.64. The minimum absolute atomic E-state index is 0.00469. The summed E-state index contributed by atoms with van der Waals surface area (Å²) in [6.45, 7) is 3.77. The SMILES string of the molecule is CCOC(=O)C(C)(CCc1ccc[nH]1)C(O)COc1ccc(-c2ccccc2)cc1. The Morgan fingerprint density at radius 2 is 1.73 bits per heavy atom. The molecular weight excluding hydrogens is 378 g/mol. The van der Waals surface area contributed by atoms with Crippen molar-refractivity contribution in [3.8, 4) is 16.9 Å². The van der Waals surface area contributed by atoms with Crippen LogP contribution >= 0.6 is 0 Å². The van der Waals surface area contributed by atoms with Crippen LogP contribution in [0.15, 0.2) is 72.9 Å². The van der Waals surface area contributed by atoms with Gasteiger partial charge in [0.15, 0.2) is 0 Å². The minimum Gasteiger partial charge on any atom is -0.491 e. The second kappa shape index (κ2) is 10.1. The maximum atomic E-state index is 12.6. The number of nitrogens with one attached hydrogen (secondary N) is 1. The summed E-state index contributed by atoms with van der Waals surface area (Å²) < 4.78 is 11.1. The lowest BCUT2D eigenvalue weighted by molar-refractivity contribution is -0.163. The maximum Gasteiger partial charge on any atom is 0.314 e. The third-order valence-corrected chi connectivity index (χ3v) is 5.42. The average Bonchev–Trinajstić information content (AvgIpc) is 3.30. The highest BCUT2D eigenvalue weighted by atomic mass is 16.5. The Morgan fingerprint density at radius 1 is 1.03 bits per heavy atom. The predicted molar refractivity (Wildman–Crippen MR) is 117 cm³/mol. The van der Waals surface area contributed by atoms with Crippen molar-refractivity contribution < 1.29 is 19.4 Å². The Hall–Kier alpha value is -3.05. The molecule has 0 aliphatic heterocycles. The molecular formula is C25H29NO4. The number of benzene rings is 2. The highest BCUT2D eigenvalue weighted by Crippen LogP contribution is 2.31. The van der Waals surface area contributed by atoms with Crippen LogP contribution in [-0.4, -0.2) is 35.4 Å². The summed E-state index contributed by atoms with van der Waals surface area (Å²) in [4.78, 5) is 15.8. The van der Waals surface area contributed by atoms with Crippen LogP contribution in [0.3, 0.4) is 0 Å². The summed E-state index contributed by atoms with van der Waals surface area (Å²) in [5.41, 5.74) is 2.16. The third-order valence-electron chi connectivity index (χ3n) is 5.42. The zero-order valence-corrected chi connectivity index (χ0v) is 17.5. The number of aliphatic hydroxyl groups excluding tert-OH is 1. The second-order valence-corrected chi connectivity index (χ2v) is 7.55. The standard InChI is InChI=1S/C25H29NO4/c1-3-29-24(28)25(2,16-15-21-10-7-17-26-21)23(27)18-30-22-13-11-20(12-14-22)19-8-5-4-6-9-19/h4-14,17,23,26-27H,3,15-16,18H2,1-2H3. The molecule has 0 spiro atoms. The van der Waals surface area contributed by atoms with Gasteiger partial charge in [0.1, 0.15) is 18.5 Å². The summed E-state index contributed by atoms with van der Waals surface area (Å²) in [6, 6.07) is 21.7. The molecule has 3 rings (SSSR count). The summed E-state index contributed by atoms with van der Waals surface area (Å²) >= 11 is 0. The molecule has 1 heterocycles. The van der Waals surface area contributed by atoms with Crippen LogP contribution in [-0.2, 0) is 16.0 Å². The van der Waals surface area contributed by atoms with Gasteiger partial charge in [0.05, 0.1) is 12.0 Å². The van der Waals surface area contributed by atoms with Crippen LogP contribution in [0.2, 0.25) is 0 Å². The largest absolute Gasteiger partial charge is 0.491 e. The molecule has 0 fully saturated rings. The molecule has 0 saturated heterocycles. The lowest BCUT2D eigenvalue weighted by Gasteiger charge is -2.32. The molecule has 0 radical (unpaired) electrons. The van der Waals surface area contributed by atoms with Crippen LogP contribution in [0.5, 0.6) is 5.75 Å². The highest BCUT2D eigenvalue weighted by Gasteiger charge is 2.42. The zero-order valence-electron chi connectivity index (χ0n) is 17.5. The number of H-pyrrole nitrogens is 1. The van der Waals surface area contributed by atoms with Crippen molar-refractivity contribution in [3.05, 3.63) is 78.6 Å². The van der Waals surface area contributed by atoms with E-state index in [2.05, 4.69) is 17.1 Å². The van der Waals surface area contributed by atoms with Crippen molar-refractivity contribution in [1.82, 2.24) is 4.98 Å². The van der Waals surface area contributed by atoms with Gasteiger partial charge in [-0.1, -0.05) is 42.5 Å². The number of carbonyl (C=O) groups excluding carboxylic acids is 1. The van der Waals surface area contributed by atoms with Gasteiger partial charge >= 0.3 is 5.97 Å². The van der Waals surface area contributed by atoms with Crippen LogP contribution in [0, 0.1) is 5.41 Å². The molecule has 5 nitrogen and oxygen atoms in total. The third kappa shape index (κ3) is 5.30. The molecule has 2 aromatic carbocycles. The van der Waals surface area contributed by atoms with Crippen molar-refractivity contribution >= 4 is 5.97 Å². The summed E-state index contributed by atoms with van der Waals surface area (Å²) in [6.07, 6.45) is 1.92. The van der Waals surface area contributed by atoms with Crippen LogP contribution in [0.4, 0.5) is 0 Å². The van der Waals surface area contributed by atoms with Crippen molar-refractivity contribution in [2.45, 2.75) is 32.8 Å². The van der Waals surface area contributed by atoms with Crippen LogP contribution < -0.4 is 4.74 Å². The normalized spacial score (nSPS) is 14.0. The first-order valence-corrected chi connectivity index (χ1v) is 10.3. The van der Waals surface area contributed by atoms with Gasteiger partial charge in [-0.15, -0.1) is 0 Å². The minimum atomic E-state index is -1.06. The van der Waals surface area contributed by atoms with Gasteiger partial charge in [0, 0.05) is 11.9 Å². The van der Waals surface area contributed by atoms with Crippen molar-refractivity contribution in [3.63, 3.8) is 0 Å². The highest BCUT2D eigenvalue weighted by molar-refractivity contribution is 5.77. The number of aromatic nitrogens is 1. The fraction of sp³-hybridized carbons (Fsp3) is 0.320. The number of carbonyl (C=O) groups is 1. The fourth-order valence-electron chi connectivity index (χ4n) is 3.35. The molecule has 2 atom stereocenters. The van der Waals surface area contributed by atoms with Crippen molar-refractivity contribution in [2.24, 2.45) is 5.41 Å². The maximum absolute atomic E-state index is 12.6. The molecule has 158 valence electrons. The lowest BCUT2D eigenvalue weighted by Crippen LogP contribution is -2.44. The topological polar surface area (TPSA) is 71.6 Å². The van der Waals surface area contributed by atoms with E-state index in [1.807, 2.05) is 60.8 Å². The van der Waals surface area contributed by atoms with E-state index in [-0.39, 0.29) is 13.2 Å². The first-order chi connectivity index (χ1) is 14.5. The molecule has 0 saturated carbocycles. The van der Waals surface area contributed by atoms with E-state index >= 15 is 0 Å². The number of rotatable bonds is 10. The monoisotopic (exact) mass is 407 g/mol. The molecule has 0 aliphatic rings. The van der Waals surface area contributed by atoms with Gasteiger partial charge in [-0.2, -0.15) is 0 Å². The van der Waals surface area contributed by atoms with Crippen LogP contribution in [0.25, 0.3) is 11.1 Å². The number of ether oxygens (including phenoxy) is 2. The Kier molecular flexibility index (Phi) is 7.31. The van der Waals surface area contributed by atoms with Gasteiger partial charge in [0.25, 0.3) is 0 Å². The van der Waals surface area contributed by atoms with Crippen molar-refractivity contribution in [2.75, 3.05) is 13.2 Å². The molecule has 5 heteroatoms. The van der Waals surface area contributed by atoms with Gasteiger partial charge in [-0.3, -0.25) is 4.79 Å². The van der Waals surface area contributed by atoms with E-state index in [1.165, 1.54) is 0 Å². The first-order valence-electron chi connectivity index (χ1n) is 10.3. The fourth-order valence-corrected chi connectivity index (χ4v) is 3.35. The summed E-state index contributed by atoms with van der Waals surface area (Å²) in [7, 11) is 0. The second-order valence-electron chi connectivity index (χ2n) is 7.55. The van der Waals surface area contributed by atoms with E-state index in [0.717, 1.165) is 16.8 Å². The van der Waals surface area contributed by atoms with Gasteiger partial charge in [-0.05, 0) is 62.1 Å². The number of aliphatic hydroxyl groups is 1. The average molecular weight is 408 g/mol. The number of esters is 1. The molecule has 3 aromatic rings. The van der Waals surface area contributed by atoms with E-state index in [9.17, 15) is 9.90 Å².